The minimum absolute atomic E-state index is 0. The Kier molecular flexibility index (Phi) is 11.1. The van der Waals surface area contributed by atoms with E-state index in [1.165, 1.54) is 51.0 Å². The van der Waals surface area contributed by atoms with Crippen molar-refractivity contribution in [3.8, 4) is 5.75 Å². The molecule has 170 valence electrons. The Bertz CT molecular complexity index is 648. The predicted molar refractivity (Wildman–Crippen MR) is 138 cm³/mol. The molecule has 1 unspecified atom stereocenters. The summed E-state index contributed by atoms with van der Waals surface area (Å²) in [5.74, 6) is 3.41. The maximum absolute atomic E-state index is 5.52. The lowest BCUT2D eigenvalue weighted by Crippen LogP contribution is -2.41. The van der Waals surface area contributed by atoms with Gasteiger partial charge in [-0.25, -0.2) is 0 Å². The van der Waals surface area contributed by atoms with E-state index in [9.17, 15) is 0 Å². The van der Waals surface area contributed by atoms with Gasteiger partial charge in [-0.3, -0.25) is 4.99 Å². The van der Waals surface area contributed by atoms with E-state index in [-0.39, 0.29) is 24.0 Å². The van der Waals surface area contributed by atoms with E-state index >= 15 is 0 Å². The van der Waals surface area contributed by atoms with Crippen LogP contribution in [-0.2, 0) is 0 Å². The van der Waals surface area contributed by atoms with Gasteiger partial charge in [0, 0.05) is 33.2 Å². The molecule has 0 spiro atoms. The molecular formula is C23H40IN5O. The number of anilines is 1. The number of piperidine rings is 1. The second-order valence-electron chi connectivity index (χ2n) is 8.53. The molecule has 0 radical (unpaired) electrons. The van der Waals surface area contributed by atoms with E-state index in [2.05, 4.69) is 44.5 Å². The number of hydrogen-bond donors (Lipinski definition) is 2. The van der Waals surface area contributed by atoms with Crippen LogP contribution in [0.15, 0.2) is 29.3 Å². The molecule has 2 aliphatic rings. The number of halogens is 1. The molecule has 2 aliphatic heterocycles. The fraction of sp³-hybridized carbons (Fsp3) is 0.696. The number of methoxy groups -OCH3 is 1. The molecule has 7 heteroatoms. The number of para-hydroxylation sites is 2. The first-order valence-corrected chi connectivity index (χ1v) is 11.2. The molecule has 0 bridgehead atoms. The van der Waals surface area contributed by atoms with E-state index in [1.807, 2.05) is 19.2 Å². The molecule has 0 saturated carbocycles. The molecule has 2 saturated heterocycles. The minimum atomic E-state index is 0. The molecule has 0 amide bonds. The van der Waals surface area contributed by atoms with Crippen molar-refractivity contribution < 1.29 is 4.74 Å². The number of aliphatic imine (C=N–C) groups is 1. The first-order chi connectivity index (χ1) is 14.2. The van der Waals surface area contributed by atoms with Gasteiger partial charge in [0.1, 0.15) is 5.75 Å². The number of hydrogen-bond acceptors (Lipinski definition) is 4. The molecule has 30 heavy (non-hydrogen) atoms. The molecule has 2 heterocycles. The standard InChI is InChI=1S/C23H39N5O.HI/c1-19-9-14-27(15-10-19)13-6-12-25-23(24-2)26-17-20-11-16-28(18-20)21-7-4-5-8-22(21)29-3;/h4-5,7-8,19-20H,6,9-18H2,1-3H3,(H2,24,25,26);1H. The van der Waals surface area contributed by atoms with Crippen LogP contribution in [0.2, 0.25) is 0 Å². The third-order valence-electron chi connectivity index (χ3n) is 6.31. The van der Waals surface area contributed by atoms with Gasteiger partial charge < -0.3 is 25.2 Å². The lowest BCUT2D eigenvalue weighted by Gasteiger charge is -2.30. The summed E-state index contributed by atoms with van der Waals surface area (Å²) >= 11 is 0. The number of ether oxygens (including phenoxy) is 1. The molecule has 3 rings (SSSR count). The topological polar surface area (TPSA) is 52.1 Å². The van der Waals surface area contributed by atoms with Crippen molar-refractivity contribution in [1.29, 1.82) is 0 Å². The summed E-state index contributed by atoms with van der Waals surface area (Å²) in [5, 5.41) is 7.01. The zero-order chi connectivity index (χ0) is 20.5. The van der Waals surface area contributed by atoms with E-state index < -0.39 is 0 Å². The fourth-order valence-corrected chi connectivity index (χ4v) is 4.37. The van der Waals surface area contributed by atoms with E-state index in [0.717, 1.165) is 43.8 Å². The normalized spacial score (nSPS) is 20.7. The smallest absolute Gasteiger partial charge is 0.190 e. The van der Waals surface area contributed by atoms with Gasteiger partial charge in [0.2, 0.25) is 0 Å². The number of rotatable bonds is 8. The third-order valence-corrected chi connectivity index (χ3v) is 6.31. The molecule has 2 N–H and O–H groups in total. The number of benzene rings is 1. The van der Waals surface area contributed by atoms with Crippen molar-refractivity contribution in [2.75, 3.05) is 64.9 Å². The number of nitrogens with one attached hydrogen (secondary N) is 2. The SMILES string of the molecule is CN=C(NCCCN1CCC(C)CC1)NCC1CCN(c2ccccc2OC)C1.I. The highest BCUT2D eigenvalue weighted by Crippen LogP contribution is 2.31. The summed E-state index contributed by atoms with van der Waals surface area (Å²) in [4.78, 5) is 9.43. The van der Waals surface area contributed by atoms with Gasteiger partial charge in [0.15, 0.2) is 5.96 Å². The van der Waals surface area contributed by atoms with E-state index in [1.54, 1.807) is 7.11 Å². The molecule has 0 aliphatic carbocycles. The summed E-state index contributed by atoms with van der Waals surface area (Å²) in [5.41, 5.74) is 1.20. The Balaban J connectivity index is 0.00000320. The molecule has 1 aromatic rings. The summed E-state index contributed by atoms with van der Waals surface area (Å²) in [7, 11) is 3.60. The Labute approximate surface area is 199 Å². The quantitative estimate of drug-likeness (QED) is 0.234. The lowest BCUT2D eigenvalue weighted by molar-refractivity contribution is 0.191. The molecule has 6 nitrogen and oxygen atoms in total. The average molecular weight is 530 g/mol. The number of nitrogens with zero attached hydrogens (tertiary/aromatic N) is 3. The predicted octanol–water partition coefficient (Wildman–Crippen LogP) is 3.43. The van der Waals surface area contributed by atoms with Crippen molar-refractivity contribution in [2.45, 2.75) is 32.6 Å². The molecular weight excluding hydrogens is 489 g/mol. The van der Waals surface area contributed by atoms with Crippen LogP contribution in [0.4, 0.5) is 5.69 Å². The maximum atomic E-state index is 5.52. The van der Waals surface area contributed by atoms with E-state index in [4.69, 9.17) is 4.74 Å². The van der Waals surface area contributed by atoms with Gasteiger partial charge in [-0.1, -0.05) is 19.1 Å². The molecule has 1 aromatic carbocycles. The number of likely N-dealkylation sites (tertiary alicyclic amines) is 1. The van der Waals surface area contributed by atoms with Crippen LogP contribution in [-0.4, -0.2) is 70.8 Å². The van der Waals surface area contributed by atoms with Gasteiger partial charge in [-0.15, -0.1) is 24.0 Å². The maximum Gasteiger partial charge on any atom is 0.190 e. The van der Waals surface area contributed by atoms with Crippen LogP contribution in [0.5, 0.6) is 5.75 Å². The fourth-order valence-electron chi connectivity index (χ4n) is 4.37. The van der Waals surface area contributed by atoms with Gasteiger partial charge in [0.25, 0.3) is 0 Å². The largest absolute Gasteiger partial charge is 0.495 e. The minimum Gasteiger partial charge on any atom is -0.495 e. The zero-order valence-corrected chi connectivity index (χ0v) is 21.2. The second kappa shape index (κ2) is 13.2. The Morgan fingerprint density at radius 1 is 1.13 bits per heavy atom. The van der Waals surface area contributed by atoms with Crippen LogP contribution in [0.1, 0.15) is 32.6 Å². The zero-order valence-electron chi connectivity index (χ0n) is 18.9. The van der Waals surface area contributed by atoms with Crippen LogP contribution in [0, 0.1) is 11.8 Å². The first-order valence-electron chi connectivity index (χ1n) is 11.2. The number of guanidine groups is 1. The van der Waals surface area contributed by atoms with Gasteiger partial charge in [0.05, 0.1) is 12.8 Å². The molecule has 2 fully saturated rings. The van der Waals surface area contributed by atoms with Gasteiger partial charge >= 0.3 is 0 Å². The Morgan fingerprint density at radius 2 is 1.90 bits per heavy atom. The highest BCUT2D eigenvalue weighted by molar-refractivity contribution is 14.0. The van der Waals surface area contributed by atoms with Crippen LogP contribution >= 0.6 is 24.0 Å². The summed E-state index contributed by atoms with van der Waals surface area (Å²) in [6.45, 7) is 10.1. The van der Waals surface area contributed by atoms with Crippen molar-refractivity contribution in [3.63, 3.8) is 0 Å². The van der Waals surface area contributed by atoms with Crippen molar-refractivity contribution in [3.05, 3.63) is 24.3 Å². The lowest BCUT2D eigenvalue weighted by atomic mass is 9.99. The summed E-state index contributed by atoms with van der Waals surface area (Å²) in [6.07, 6.45) is 5.06. The van der Waals surface area contributed by atoms with Crippen molar-refractivity contribution in [1.82, 2.24) is 15.5 Å². The highest BCUT2D eigenvalue weighted by Gasteiger charge is 2.24. The molecule has 1 atom stereocenters. The van der Waals surface area contributed by atoms with Crippen molar-refractivity contribution in [2.24, 2.45) is 16.8 Å². The van der Waals surface area contributed by atoms with Crippen molar-refractivity contribution >= 4 is 35.6 Å². The van der Waals surface area contributed by atoms with Crippen LogP contribution in [0.25, 0.3) is 0 Å². The average Bonchev–Trinajstić information content (AvgIpc) is 3.23. The highest BCUT2D eigenvalue weighted by atomic mass is 127. The third kappa shape index (κ3) is 7.48. The Morgan fingerprint density at radius 3 is 2.63 bits per heavy atom. The van der Waals surface area contributed by atoms with Crippen LogP contribution < -0.4 is 20.3 Å². The van der Waals surface area contributed by atoms with Crippen LogP contribution in [0.3, 0.4) is 0 Å². The monoisotopic (exact) mass is 529 g/mol. The van der Waals surface area contributed by atoms with Gasteiger partial charge in [-0.05, 0) is 69.3 Å². The first kappa shape index (κ1) is 25.0. The summed E-state index contributed by atoms with van der Waals surface area (Å²) < 4.78 is 5.52. The second-order valence-corrected chi connectivity index (χ2v) is 8.53. The molecule has 0 aromatic heterocycles. The van der Waals surface area contributed by atoms with E-state index in [0.29, 0.717) is 5.92 Å². The Hall–Kier alpha value is -1.22. The van der Waals surface area contributed by atoms with Gasteiger partial charge in [-0.2, -0.15) is 0 Å². The summed E-state index contributed by atoms with van der Waals surface area (Å²) in [6, 6.07) is 8.30.